The zero-order chi connectivity index (χ0) is 14.5. The molecule has 1 rings (SSSR count). The van der Waals surface area contributed by atoms with E-state index in [4.69, 9.17) is 4.74 Å². The molecule has 1 saturated carbocycles. The summed E-state index contributed by atoms with van der Waals surface area (Å²) in [6, 6.07) is 0. The van der Waals surface area contributed by atoms with Crippen LogP contribution in [0.1, 0.15) is 52.4 Å². The normalized spacial score (nSPS) is 26.1. The summed E-state index contributed by atoms with van der Waals surface area (Å²) in [5.74, 6) is -0.0337. The lowest BCUT2D eigenvalue weighted by Crippen LogP contribution is -2.37. The minimum absolute atomic E-state index is 0.108. The molecule has 0 saturated heterocycles. The van der Waals surface area contributed by atoms with Gasteiger partial charge in [-0.1, -0.05) is 19.8 Å². The van der Waals surface area contributed by atoms with Crippen LogP contribution in [-0.4, -0.2) is 38.4 Å². The van der Waals surface area contributed by atoms with Gasteiger partial charge in [-0.2, -0.15) is 0 Å². The number of hydrogen-bond donors (Lipinski definition) is 0. The minimum atomic E-state index is -3.04. The Labute approximate surface area is 116 Å². The highest BCUT2D eigenvalue weighted by Gasteiger charge is 2.35. The molecule has 19 heavy (non-hydrogen) atoms. The van der Waals surface area contributed by atoms with Crippen LogP contribution >= 0.6 is 0 Å². The van der Waals surface area contributed by atoms with Crippen LogP contribution in [0.25, 0.3) is 0 Å². The maximum Gasteiger partial charge on any atom is 0.164 e. The van der Waals surface area contributed by atoms with Crippen LogP contribution < -0.4 is 0 Å². The van der Waals surface area contributed by atoms with Gasteiger partial charge in [0.2, 0.25) is 0 Å². The first kappa shape index (κ1) is 16.6. The third-order valence-electron chi connectivity index (χ3n) is 3.87. The summed E-state index contributed by atoms with van der Waals surface area (Å²) in [5, 5.41) is -0.348. The maximum atomic E-state index is 12.4. The fourth-order valence-corrected chi connectivity index (χ4v) is 4.00. The average molecular weight is 290 g/mol. The third-order valence-corrected chi connectivity index (χ3v) is 5.51. The molecule has 3 atom stereocenters. The summed E-state index contributed by atoms with van der Waals surface area (Å²) in [7, 11) is -3.04. The Hall–Kier alpha value is -0.420. The van der Waals surface area contributed by atoms with E-state index in [9.17, 15) is 13.2 Å². The van der Waals surface area contributed by atoms with E-state index in [0.717, 1.165) is 25.7 Å². The smallest absolute Gasteiger partial charge is 0.164 e. The topological polar surface area (TPSA) is 60.4 Å². The van der Waals surface area contributed by atoms with Crippen molar-refractivity contribution in [3.63, 3.8) is 0 Å². The fourth-order valence-electron chi connectivity index (χ4n) is 2.83. The van der Waals surface area contributed by atoms with Gasteiger partial charge in [-0.05, 0) is 32.6 Å². The van der Waals surface area contributed by atoms with Crippen LogP contribution in [0.2, 0.25) is 0 Å². The van der Waals surface area contributed by atoms with Gasteiger partial charge in [-0.15, -0.1) is 0 Å². The Morgan fingerprint density at radius 1 is 1.32 bits per heavy atom. The summed E-state index contributed by atoms with van der Waals surface area (Å²) in [5.41, 5.74) is 0. The number of rotatable bonds is 7. The van der Waals surface area contributed by atoms with Crippen molar-refractivity contribution in [2.24, 2.45) is 5.92 Å². The molecule has 0 aromatic carbocycles. The number of sulfone groups is 1. The summed E-state index contributed by atoms with van der Waals surface area (Å²) < 4.78 is 28.8. The monoisotopic (exact) mass is 290 g/mol. The maximum absolute atomic E-state index is 12.4. The van der Waals surface area contributed by atoms with Crippen molar-refractivity contribution in [2.45, 2.75) is 63.7 Å². The molecule has 0 radical (unpaired) electrons. The van der Waals surface area contributed by atoms with Crippen LogP contribution in [-0.2, 0) is 19.4 Å². The highest BCUT2D eigenvalue weighted by Crippen LogP contribution is 2.30. The van der Waals surface area contributed by atoms with Gasteiger partial charge < -0.3 is 4.74 Å². The Kier molecular flexibility index (Phi) is 6.47. The number of ketones is 1. The van der Waals surface area contributed by atoms with E-state index in [2.05, 4.69) is 0 Å². The highest BCUT2D eigenvalue weighted by atomic mass is 32.2. The van der Waals surface area contributed by atoms with Crippen molar-refractivity contribution < 1.29 is 17.9 Å². The van der Waals surface area contributed by atoms with Gasteiger partial charge in [0.15, 0.2) is 5.78 Å². The number of Topliss-reactive ketones (excluding diaryl/α,β-unsaturated/α-hetero) is 1. The van der Waals surface area contributed by atoms with Gasteiger partial charge >= 0.3 is 0 Å². The van der Waals surface area contributed by atoms with Crippen molar-refractivity contribution in [3.05, 3.63) is 0 Å². The summed E-state index contributed by atoms with van der Waals surface area (Å²) in [6.07, 6.45) is 5.35. The molecule has 0 aromatic rings. The molecule has 0 bridgehead atoms. The summed E-state index contributed by atoms with van der Waals surface area (Å²) in [6.45, 7) is 4.44. The van der Waals surface area contributed by atoms with Crippen molar-refractivity contribution >= 4 is 15.6 Å². The van der Waals surface area contributed by atoms with Gasteiger partial charge in [0.05, 0.1) is 5.25 Å². The number of ether oxygens (including phenoxy) is 1. The van der Waals surface area contributed by atoms with Crippen molar-refractivity contribution in [3.8, 4) is 0 Å². The molecule has 0 aromatic heterocycles. The van der Waals surface area contributed by atoms with E-state index >= 15 is 0 Å². The zero-order valence-corrected chi connectivity index (χ0v) is 13.0. The highest BCUT2D eigenvalue weighted by molar-refractivity contribution is 7.91. The molecule has 0 spiro atoms. The predicted molar refractivity (Wildman–Crippen MR) is 75.9 cm³/mol. The zero-order valence-electron chi connectivity index (χ0n) is 12.2. The molecule has 4 nitrogen and oxygen atoms in total. The first-order valence-corrected chi connectivity index (χ1v) is 9.19. The minimum Gasteiger partial charge on any atom is -0.371 e. The number of carbonyl (C=O) groups is 1. The van der Waals surface area contributed by atoms with Crippen LogP contribution in [0.15, 0.2) is 0 Å². The number of hydrogen-bond acceptors (Lipinski definition) is 4. The van der Waals surface area contributed by atoms with Gasteiger partial charge in [0, 0.05) is 18.8 Å². The van der Waals surface area contributed by atoms with Gasteiger partial charge in [-0.3, -0.25) is 4.79 Å². The summed E-state index contributed by atoms with van der Waals surface area (Å²) in [4.78, 5) is 12.4. The standard InChI is InChI=1S/C14H26O4S/c1-4-7-13(18-5-2)14(15)11-8-6-9-12(10-11)19(3,16)17/h11-13H,4-10H2,1-3H3. The molecule has 0 amide bonds. The molecule has 1 fully saturated rings. The van der Waals surface area contributed by atoms with Crippen molar-refractivity contribution in [1.29, 1.82) is 0 Å². The average Bonchev–Trinajstić information content (AvgIpc) is 2.37. The lowest BCUT2D eigenvalue weighted by atomic mass is 9.83. The molecule has 3 unspecified atom stereocenters. The second-order valence-corrected chi connectivity index (χ2v) is 7.78. The van der Waals surface area contributed by atoms with E-state index in [0.29, 0.717) is 19.4 Å². The largest absolute Gasteiger partial charge is 0.371 e. The quantitative estimate of drug-likeness (QED) is 0.722. The van der Waals surface area contributed by atoms with Crippen LogP contribution in [0.5, 0.6) is 0 Å². The Morgan fingerprint density at radius 2 is 2.00 bits per heavy atom. The Balaban J connectivity index is 2.69. The lowest BCUT2D eigenvalue weighted by molar-refractivity contribution is -0.135. The summed E-state index contributed by atoms with van der Waals surface area (Å²) >= 11 is 0. The molecule has 0 heterocycles. The second kappa shape index (κ2) is 7.39. The van der Waals surface area contributed by atoms with Crippen molar-refractivity contribution in [2.75, 3.05) is 12.9 Å². The van der Waals surface area contributed by atoms with Gasteiger partial charge in [0.1, 0.15) is 15.9 Å². The lowest BCUT2D eigenvalue weighted by Gasteiger charge is -2.29. The molecule has 0 N–H and O–H groups in total. The second-order valence-electron chi connectivity index (χ2n) is 5.45. The van der Waals surface area contributed by atoms with E-state index in [1.165, 1.54) is 6.26 Å². The van der Waals surface area contributed by atoms with Gasteiger partial charge in [0.25, 0.3) is 0 Å². The van der Waals surface area contributed by atoms with Crippen molar-refractivity contribution in [1.82, 2.24) is 0 Å². The fraction of sp³-hybridized carbons (Fsp3) is 0.929. The molecule has 112 valence electrons. The first-order chi connectivity index (χ1) is 8.90. The van der Waals surface area contributed by atoms with E-state index in [-0.39, 0.29) is 23.1 Å². The Bertz CT molecular complexity index is 382. The first-order valence-electron chi connectivity index (χ1n) is 7.24. The van der Waals surface area contributed by atoms with Crippen LogP contribution in [0, 0.1) is 5.92 Å². The SMILES string of the molecule is CCCC(OCC)C(=O)C1CCCC(S(C)(=O)=O)C1. The molecular formula is C14H26O4S. The molecule has 1 aliphatic rings. The molecule has 0 aliphatic heterocycles. The van der Waals surface area contributed by atoms with Crippen LogP contribution in [0.4, 0.5) is 0 Å². The van der Waals surface area contributed by atoms with Crippen LogP contribution in [0.3, 0.4) is 0 Å². The molecule has 1 aliphatic carbocycles. The Morgan fingerprint density at radius 3 is 2.53 bits per heavy atom. The molecule has 5 heteroatoms. The van der Waals surface area contributed by atoms with E-state index in [1.54, 1.807) is 0 Å². The molecular weight excluding hydrogens is 264 g/mol. The van der Waals surface area contributed by atoms with Gasteiger partial charge in [-0.25, -0.2) is 8.42 Å². The predicted octanol–water partition coefficient (Wildman–Crippen LogP) is 2.36. The van der Waals surface area contributed by atoms with E-state index in [1.807, 2.05) is 13.8 Å². The third kappa shape index (κ3) is 4.88. The number of carbonyl (C=O) groups excluding carboxylic acids is 1. The van der Waals surface area contributed by atoms with E-state index < -0.39 is 9.84 Å².